The van der Waals surface area contributed by atoms with Gasteiger partial charge in [0.05, 0.1) is 23.7 Å². The van der Waals surface area contributed by atoms with E-state index in [2.05, 4.69) is 5.32 Å². The highest BCUT2D eigenvalue weighted by molar-refractivity contribution is 6.34. The van der Waals surface area contributed by atoms with Gasteiger partial charge < -0.3 is 10.4 Å². The molecule has 0 aliphatic carbocycles. The van der Waals surface area contributed by atoms with Gasteiger partial charge in [-0.1, -0.05) is 24.6 Å². The smallest absolute Gasteiger partial charge is 0.304 e. The lowest BCUT2D eigenvalue weighted by molar-refractivity contribution is -0.137. The van der Waals surface area contributed by atoms with E-state index in [-0.39, 0.29) is 18.9 Å². The lowest BCUT2D eigenvalue weighted by Gasteiger charge is -2.19. The fourth-order valence-corrected chi connectivity index (χ4v) is 2.43. The second-order valence-corrected chi connectivity index (χ2v) is 5.41. The Balaban J connectivity index is 2.66. The summed E-state index contributed by atoms with van der Waals surface area (Å²) in [7, 11) is 0. The molecule has 0 atom stereocenters. The topological polar surface area (TPSA) is 69.6 Å². The van der Waals surface area contributed by atoms with Crippen LogP contribution in [0.5, 0.6) is 0 Å². The summed E-state index contributed by atoms with van der Waals surface area (Å²) in [4.78, 5) is 24.4. The van der Waals surface area contributed by atoms with E-state index >= 15 is 0 Å². The number of nitrogens with one attached hydrogen (secondary N) is 1. The van der Waals surface area contributed by atoms with E-state index in [9.17, 15) is 9.59 Å². The van der Waals surface area contributed by atoms with Crippen LogP contribution in [0, 0.1) is 13.8 Å². The summed E-state index contributed by atoms with van der Waals surface area (Å²) in [6.07, 6.45) is 0.0193. The van der Waals surface area contributed by atoms with E-state index in [1.54, 1.807) is 11.0 Å². The minimum absolute atomic E-state index is 0.0193. The first-order valence-corrected chi connectivity index (χ1v) is 7.22. The summed E-state index contributed by atoms with van der Waals surface area (Å²) in [5.74, 6) is -1.07. The number of halogens is 1. The number of aryl methyl sites for hydroxylation is 2. The molecule has 0 bridgehead atoms. The van der Waals surface area contributed by atoms with Gasteiger partial charge in [-0.05, 0) is 37.6 Å². The van der Waals surface area contributed by atoms with Crippen LogP contribution in [0.4, 0.5) is 5.69 Å². The number of carbonyl (C=O) groups is 2. The zero-order chi connectivity index (χ0) is 16.0. The normalized spacial score (nSPS) is 10.7. The second kappa shape index (κ2) is 8.00. The van der Waals surface area contributed by atoms with E-state index < -0.39 is 5.97 Å². The number of anilines is 1. The minimum Gasteiger partial charge on any atom is -0.481 e. The van der Waals surface area contributed by atoms with Crippen LogP contribution in [0.15, 0.2) is 12.1 Å². The van der Waals surface area contributed by atoms with E-state index in [0.717, 1.165) is 11.1 Å². The molecule has 1 rings (SSSR count). The molecule has 0 radical (unpaired) electrons. The number of aliphatic carboxylic acids is 1. The van der Waals surface area contributed by atoms with Crippen molar-refractivity contribution in [2.45, 2.75) is 27.2 Å². The number of hydrogen-bond acceptors (Lipinski definition) is 3. The highest BCUT2D eigenvalue weighted by Crippen LogP contribution is 2.27. The first kappa shape index (κ1) is 17.5. The van der Waals surface area contributed by atoms with E-state index in [1.807, 2.05) is 26.8 Å². The Hall–Kier alpha value is -1.59. The number of benzene rings is 1. The third-order valence-electron chi connectivity index (χ3n) is 3.15. The molecule has 116 valence electrons. The van der Waals surface area contributed by atoms with Crippen LogP contribution in [0.2, 0.25) is 5.02 Å². The van der Waals surface area contributed by atoms with Gasteiger partial charge in [0.25, 0.3) is 0 Å². The minimum atomic E-state index is -0.869. The van der Waals surface area contributed by atoms with Crippen LogP contribution >= 0.6 is 11.6 Å². The average Bonchev–Trinajstić information content (AvgIpc) is 2.38. The molecular weight excluding hydrogens is 292 g/mol. The van der Waals surface area contributed by atoms with Crippen LogP contribution < -0.4 is 5.32 Å². The van der Waals surface area contributed by atoms with Crippen LogP contribution in [0.25, 0.3) is 0 Å². The van der Waals surface area contributed by atoms with E-state index in [1.165, 1.54) is 0 Å². The fourth-order valence-electron chi connectivity index (χ4n) is 2.06. The molecule has 0 saturated carbocycles. The molecule has 0 unspecified atom stereocenters. The summed E-state index contributed by atoms with van der Waals surface area (Å²) in [5, 5.41) is 12.0. The number of carboxylic acids is 1. The Kier molecular flexibility index (Phi) is 6.65. The fraction of sp³-hybridized carbons (Fsp3) is 0.467. The van der Waals surface area contributed by atoms with Gasteiger partial charge >= 0.3 is 5.97 Å². The molecule has 0 saturated heterocycles. The number of hydrogen-bond donors (Lipinski definition) is 2. The molecule has 0 spiro atoms. The van der Waals surface area contributed by atoms with Crippen LogP contribution in [0.3, 0.4) is 0 Å². The Bertz CT molecular complexity index is 509. The molecule has 0 aliphatic heterocycles. The van der Waals surface area contributed by atoms with Gasteiger partial charge in [0.1, 0.15) is 0 Å². The number of carbonyl (C=O) groups excluding carboxylic acids is 1. The van der Waals surface area contributed by atoms with Crippen molar-refractivity contribution >= 4 is 29.2 Å². The zero-order valence-electron chi connectivity index (χ0n) is 12.6. The number of carboxylic acid groups (broad SMARTS) is 1. The largest absolute Gasteiger partial charge is 0.481 e. The molecule has 5 nitrogen and oxygen atoms in total. The van der Waals surface area contributed by atoms with Crippen molar-refractivity contribution < 1.29 is 14.7 Å². The van der Waals surface area contributed by atoms with Gasteiger partial charge in [-0.15, -0.1) is 0 Å². The Labute approximate surface area is 129 Å². The maximum Gasteiger partial charge on any atom is 0.304 e. The van der Waals surface area contributed by atoms with Crippen LogP contribution in [0.1, 0.15) is 24.5 Å². The van der Waals surface area contributed by atoms with Gasteiger partial charge in [0.2, 0.25) is 5.91 Å². The lowest BCUT2D eigenvalue weighted by atomic mass is 10.1. The molecule has 21 heavy (non-hydrogen) atoms. The van der Waals surface area contributed by atoms with Crippen molar-refractivity contribution in [3.05, 3.63) is 28.3 Å². The van der Waals surface area contributed by atoms with Crippen LogP contribution in [-0.4, -0.2) is 41.5 Å². The van der Waals surface area contributed by atoms with Crippen molar-refractivity contribution in [3.8, 4) is 0 Å². The summed E-state index contributed by atoms with van der Waals surface area (Å²) < 4.78 is 0. The van der Waals surface area contributed by atoms with Crippen molar-refractivity contribution in [2.75, 3.05) is 25.0 Å². The van der Waals surface area contributed by atoms with Crippen LogP contribution in [-0.2, 0) is 9.59 Å². The summed E-state index contributed by atoms with van der Waals surface area (Å²) in [6.45, 7) is 6.82. The molecule has 0 heterocycles. The maximum absolute atomic E-state index is 12.1. The molecule has 1 aromatic carbocycles. The maximum atomic E-state index is 12.1. The monoisotopic (exact) mass is 312 g/mol. The molecular formula is C15H21ClN2O3. The summed E-state index contributed by atoms with van der Waals surface area (Å²) in [6, 6.07) is 3.75. The molecule has 0 aromatic heterocycles. The summed E-state index contributed by atoms with van der Waals surface area (Å²) >= 11 is 6.15. The zero-order valence-corrected chi connectivity index (χ0v) is 13.3. The number of nitrogens with zero attached hydrogens (tertiary/aromatic N) is 1. The number of amides is 1. The summed E-state index contributed by atoms with van der Waals surface area (Å²) in [5.41, 5.74) is 2.55. The highest BCUT2D eigenvalue weighted by Gasteiger charge is 2.13. The Morgan fingerprint density at radius 2 is 2.00 bits per heavy atom. The molecule has 2 N–H and O–H groups in total. The Morgan fingerprint density at radius 1 is 1.33 bits per heavy atom. The van der Waals surface area contributed by atoms with Crippen molar-refractivity contribution in [3.63, 3.8) is 0 Å². The third kappa shape index (κ3) is 5.73. The first-order chi connectivity index (χ1) is 9.83. The van der Waals surface area contributed by atoms with Gasteiger partial charge in [-0.25, -0.2) is 0 Å². The van der Waals surface area contributed by atoms with Crippen molar-refractivity contribution in [1.82, 2.24) is 4.90 Å². The molecule has 1 amide bonds. The van der Waals surface area contributed by atoms with Gasteiger partial charge in [-0.2, -0.15) is 0 Å². The Morgan fingerprint density at radius 3 is 2.52 bits per heavy atom. The van der Waals surface area contributed by atoms with Gasteiger partial charge in [0, 0.05) is 6.54 Å². The molecule has 1 aromatic rings. The second-order valence-electron chi connectivity index (χ2n) is 5.00. The molecule has 0 fully saturated rings. The van der Waals surface area contributed by atoms with Crippen molar-refractivity contribution in [1.29, 1.82) is 0 Å². The lowest BCUT2D eigenvalue weighted by Crippen LogP contribution is -2.34. The number of likely N-dealkylation sites (N-methyl/N-ethyl adjacent to an activating group) is 1. The quantitative estimate of drug-likeness (QED) is 0.812. The third-order valence-corrected chi connectivity index (χ3v) is 3.45. The average molecular weight is 313 g/mol. The van der Waals surface area contributed by atoms with Crippen molar-refractivity contribution in [2.24, 2.45) is 0 Å². The predicted molar refractivity (Wildman–Crippen MR) is 83.9 cm³/mol. The van der Waals surface area contributed by atoms with Gasteiger partial charge in [0.15, 0.2) is 0 Å². The number of rotatable bonds is 7. The van der Waals surface area contributed by atoms with E-state index in [4.69, 9.17) is 16.7 Å². The molecule has 0 aliphatic rings. The molecule has 6 heteroatoms. The van der Waals surface area contributed by atoms with E-state index in [0.29, 0.717) is 23.8 Å². The first-order valence-electron chi connectivity index (χ1n) is 6.84. The van der Waals surface area contributed by atoms with Gasteiger partial charge in [-0.3, -0.25) is 14.5 Å². The highest BCUT2D eigenvalue weighted by atomic mass is 35.5. The standard InChI is InChI=1S/C15H21ClN2O3/c1-4-18(6-5-14(20)21)9-13(19)17-15-11(3)7-10(2)8-12(15)16/h7-8H,4-6,9H2,1-3H3,(H,17,19)(H,20,21). The predicted octanol–water partition coefficient (Wildman–Crippen LogP) is 2.69. The SMILES string of the molecule is CCN(CCC(=O)O)CC(=O)Nc1c(C)cc(C)cc1Cl.